The minimum Gasteiger partial charge on any atom is -0.462 e. The fraction of sp³-hybridized carbons (Fsp3) is 0.906. The normalized spacial score (nSPS) is 40.4. The number of hydrogen-bond acceptors (Lipinski definition) is 2. The van der Waals surface area contributed by atoms with Crippen LogP contribution in [0.4, 0.5) is 0 Å². The number of esters is 1. The molecule has 0 bridgehead atoms. The number of carbonyl (C=O) groups is 1. The second-order valence-corrected chi connectivity index (χ2v) is 14.2. The Morgan fingerprint density at radius 1 is 0.971 bits per heavy atom. The van der Waals surface area contributed by atoms with E-state index in [1.54, 1.807) is 5.57 Å². The first-order valence-electron chi connectivity index (χ1n) is 14.9. The molecule has 0 N–H and O–H groups in total. The molecule has 2 heteroatoms. The summed E-state index contributed by atoms with van der Waals surface area (Å²) in [4.78, 5) is 12.3. The summed E-state index contributed by atoms with van der Waals surface area (Å²) < 4.78 is 5.93. The summed E-state index contributed by atoms with van der Waals surface area (Å²) >= 11 is 0. The van der Waals surface area contributed by atoms with Gasteiger partial charge in [-0.3, -0.25) is 4.79 Å². The molecular weight excluding hydrogens is 416 g/mol. The van der Waals surface area contributed by atoms with Crippen molar-refractivity contribution in [2.24, 2.45) is 52.3 Å². The van der Waals surface area contributed by atoms with Crippen LogP contribution in [0.15, 0.2) is 11.6 Å². The maximum Gasteiger partial charge on any atom is 0.306 e. The molecule has 3 fully saturated rings. The lowest BCUT2D eigenvalue weighted by molar-refractivity contribution is -0.152. The molecular formula is C32H54O2. The summed E-state index contributed by atoms with van der Waals surface area (Å²) in [5.41, 5.74) is 2.53. The summed E-state index contributed by atoms with van der Waals surface area (Å²) in [6.45, 7) is 16.8. The Morgan fingerprint density at radius 3 is 2.44 bits per heavy atom. The van der Waals surface area contributed by atoms with Crippen molar-refractivity contribution in [3.8, 4) is 0 Å². The van der Waals surface area contributed by atoms with Gasteiger partial charge in [0, 0.05) is 12.8 Å². The Morgan fingerprint density at radius 2 is 1.74 bits per heavy atom. The molecule has 34 heavy (non-hydrogen) atoms. The summed E-state index contributed by atoms with van der Waals surface area (Å²) in [7, 11) is 0. The molecule has 0 saturated heterocycles. The monoisotopic (exact) mass is 470 g/mol. The maximum atomic E-state index is 12.3. The van der Waals surface area contributed by atoms with Gasteiger partial charge in [-0.15, -0.1) is 0 Å². The molecule has 2 nitrogen and oxygen atoms in total. The van der Waals surface area contributed by atoms with Crippen LogP contribution in [0.25, 0.3) is 0 Å². The summed E-state index contributed by atoms with van der Waals surface area (Å²) in [6.07, 6.45) is 17.8. The first-order chi connectivity index (χ1) is 16.0. The highest BCUT2D eigenvalue weighted by Crippen LogP contribution is 2.67. The van der Waals surface area contributed by atoms with E-state index in [1.807, 2.05) is 0 Å². The standard InChI is InChI=1S/C32H54O2/c1-21(2)9-8-10-23(5)27-13-14-28-26-12-11-24-20-25(34-30(33)19-22(3)4)15-17-31(24,6)29(26)16-18-32(27,28)7/h11,21-23,25-29H,8-10,12-20H2,1-7H3/t23-,25?,26?,27-,28?,29?,31+,32-/m1/s1. The minimum atomic E-state index is 0.00540. The van der Waals surface area contributed by atoms with Crippen molar-refractivity contribution in [2.75, 3.05) is 0 Å². The van der Waals surface area contributed by atoms with Gasteiger partial charge in [0.15, 0.2) is 0 Å². The van der Waals surface area contributed by atoms with E-state index in [0.29, 0.717) is 23.2 Å². The maximum absolute atomic E-state index is 12.3. The van der Waals surface area contributed by atoms with E-state index in [2.05, 4.69) is 54.5 Å². The second kappa shape index (κ2) is 10.3. The predicted octanol–water partition coefficient (Wildman–Crippen LogP) is 8.99. The Balaban J connectivity index is 1.42. The van der Waals surface area contributed by atoms with Gasteiger partial charge in [-0.2, -0.15) is 0 Å². The van der Waals surface area contributed by atoms with Crippen LogP contribution in [0, 0.1) is 52.3 Å². The van der Waals surface area contributed by atoms with Gasteiger partial charge < -0.3 is 4.74 Å². The number of rotatable bonds is 8. The van der Waals surface area contributed by atoms with Crippen LogP contribution in [0.5, 0.6) is 0 Å². The van der Waals surface area contributed by atoms with Crippen LogP contribution < -0.4 is 0 Å². The average Bonchev–Trinajstić information content (AvgIpc) is 3.10. The van der Waals surface area contributed by atoms with E-state index in [1.165, 1.54) is 57.8 Å². The van der Waals surface area contributed by atoms with Crippen molar-refractivity contribution in [3.63, 3.8) is 0 Å². The van der Waals surface area contributed by atoms with E-state index >= 15 is 0 Å². The van der Waals surface area contributed by atoms with Crippen LogP contribution in [0.1, 0.15) is 126 Å². The lowest BCUT2D eigenvalue weighted by atomic mass is 9.47. The van der Waals surface area contributed by atoms with Crippen molar-refractivity contribution in [1.82, 2.24) is 0 Å². The zero-order valence-corrected chi connectivity index (χ0v) is 23.5. The fourth-order valence-corrected chi connectivity index (χ4v) is 9.32. The zero-order chi connectivity index (χ0) is 24.7. The summed E-state index contributed by atoms with van der Waals surface area (Å²) in [5.74, 6) is 5.67. The van der Waals surface area contributed by atoms with Crippen molar-refractivity contribution in [1.29, 1.82) is 0 Å². The minimum absolute atomic E-state index is 0.00540. The third-order valence-corrected chi connectivity index (χ3v) is 11.1. The zero-order valence-electron chi connectivity index (χ0n) is 23.5. The highest BCUT2D eigenvalue weighted by Gasteiger charge is 2.59. The SMILES string of the molecule is CC(C)CCC[C@@H](C)[C@H]1CCC2C3CC=C4CC(OC(=O)CC(C)C)CC[C@]4(C)C3CC[C@@]21C. The van der Waals surface area contributed by atoms with E-state index in [0.717, 1.165) is 48.3 Å². The number of hydrogen-bond donors (Lipinski definition) is 0. The molecule has 3 saturated carbocycles. The number of allylic oxidation sites excluding steroid dienone is 1. The Hall–Kier alpha value is -0.790. The first-order valence-corrected chi connectivity index (χ1v) is 14.9. The van der Waals surface area contributed by atoms with Crippen molar-refractivity contribution < 1.29 is 9.53 Å². The Labute approximate surface area is 211 Å². The average molecular weight is 471 g/mol. The van der Waals surface area contributed by atoms with Crippen molar-refractivity contribution in [2.45, 2.75) is 132 Å². The molecule has 0 aromatic rings. The molecule has 4 unspecified atom stereocenters. The third kappa shape index (κ3) is 5.04. The molecule has 4 aliphatic rings. The highest BCUT2D eigenvalue weighted by molar-refractivity contribution is 5.69. The Kier molecular flexibility index (Phi) is 7.96. The topological polar surface area (TPSA) is 26.3 Å². The van der Waals surface area contributed by atoms with Crippen molar-refractivity contribution >= 4 is 5.97 Å². The molecule has 8 atom stereocenters. The van der Waals surface area contributed by atoms with Crippen LogP contribution >= 0.6 is 0 Å². The van der Waals surface area contributed by atoms with Crippen molar-refractivity contribution in [3.05, 3.63) is 11.6 Å². The largest absolute Gasteiger partial charge is 0.462 e. The summed E-state index contributed by atoms with van der Waals surface area (Å²) in [6, 6.07) is 0. The number of carbonyl (C=O) groups excluding carboxylic acids is 1. The van der Waals surface area contributed by atoms with E-state index in [-0.39, 0.29) is 12.1 Å². The van der Waals surface area contributed by atoms with Gasteiger partial charge in [-0.25, -0.2) is 0 Å². The molecule has 0 spiro atoms. The second-order valence-electron chi connectivity index (χ2n) is 14.2. The lowest BCUT2D eigenvalue weighted by Crippen LogP contribution is -2.51. The number of ether oxygens (including phenoxy) is 1. The molecule has 0 aliphatic heterocycles. The van der Waals surface area contributed by atoms with Gasteiger partial charge in [0.1, 0.15) is 6.10 Å². The fourth-order valence-electron chi connectivity index (χ4n) is 9.32. The van der Waals surface area contributed by atoms with Gasteiger partial charge >= 0.3 is 5.97 Å². The van der Waals surface area contributed by atoms with Gasteiger partial charge in [0.05, 0.1) is 0 Å². The smallest absolute Gasteiger partial charge is 0.306 e. The van der Waals surface area contributed by atoms with E-state index in [4.69, 9.17) is 4.74 Å². The highest BCUT2D eigenvalue weighted by atomic mass is 16.5. The third-order valence-electron chi connectivity index (χ3n) is 11.1. The summed E-state index contributed by atoms with van der Waals surface area (Å²) in [5, 5.41) is 0. The molecule has 0 aromatic heterocycles. The van der Waals surface area contributed by atoms with Gasteiger partial charge in [-0.1, -0.05) is 79.4 Å². The quantitative estimate of drug-likeness (QED) is 0.261. The molecule has 194 valence electrons. The van der Waals surface area contributed by atoms with Gasteiger partial charge in [-0.05, 0) is 97.2 Å². The molecule has 0 radical (unpaired) electrons. The molecule has 4 rings (SSSR count). The van der Waals surface area contributed by atoms with Crippen LogP contribution in [-0.4, -0.2) is 12.1 Å². The molecule has 0 heterocycles. The first kappa shape index (κ1) is 26.3. The molecule has 0 amide bonds. The lowest BCUT2D eigenvalue weighted by Gasteiger charge is -2.58. The molecule has 4 aliphatic carbocycles. The van der Waals surface area contributed by atoms with Gasteiger partial charge in [0.2, 0.25) is 0 Å². The number of fused-ring (bicyclic) bond motifs is 5. The van der Waals surface area contributed by atoms with E-state index in [9.17, 15) is 4.79 Å². The van der Waals surface area contributed by atoms with Crippen LogP contribution in [0.3, 0.4) is 0 Å². The van der Waals surface area contributed by atoms with Crippen LogP contribution in [0.2, 0.25) is 0 Å². The Bertz CT molecular complexity index is 750. The molecule has 0 aromatic carbocycles. The van der Waals surface area contributed by atoms with Gasteiger partial charge in [0.25, 0.3) is 0 Å². The predicted molar refractivity (Wildman–Crippen MR) is 142 cm³/mol. The van der Waals surface area contributed by atoms with E-state index < -0.39 is 0 Å². The van der Waals surface area contributed by atoms with Crippen LogP contribution in [-0.2, 0) is 9.53 Å².